The number of aromatic nitrogens is 4. The Bertz CT molecular complexity index is 823. The minimum atomic E-state index is -0.310. The van der Waals surface area contributed by atoms with E-state index in [9.17, 15) is 9.59 Å². The number of anilines is 1. The molecule has 3 heterocycles. The largest absolute Gasteiger partial charge is 0.450 e. The molecule has 26 heavy (non-hydrogen) atoms. The summed E-state index contributed by atoms with van der Waals surface area (Å²) >= 11 is 0. The maximum atomic E-state index is 12.3. The molecule has 2 aromatic rings. The SMILES string of the molecule is CCOC(=O)N1CCC[C@@H](Nc2nc(-c3ccncn3)cc(=O)n2C)C1. The topological polar surface area (TPSA) is 102 Å². The van der Waals surface area contributed by atoms with Gasteiger partial charge in [0.25, 0.3) is 5.56 Å². The van der Waals surface area contributed by atoms with Crippen molar-refractivity contribution < 1.29 is 9.53 Å². The monoisotopic (exact) mass is 358 g/mol. The average molecular weight is 358 g/mol. The Hall–Kier alpha value is -2.97. The quantitative estimate of drug-likeness (QED) is 0.878. The zero-order valence-corrected chi connectivity index (χ0v) is 14.9. The molecule has 2 aromatic heterocycles. The van der Waals surface area contributed by atoms with E-state index < -0.39 is 0 Å². The van der Waals surface area contributed by atoms with Crippen LogP contribution in [0.5, 0.6) is 0 Å². The van der Waals surface area contributed by atoms with Gasteiger partial charge in [-0.15, -0.1) is 0 Å². The molecule has 0 saturated carbocycles. The summed E-state index contributed by atoms with van der Waals surface area (Å²) in [7, 11) is 1.66. The first-order valence-electron chi connectivity index (χ1n) is 8.61. The fourth-order valence-corrected chi connectivity index (χ4v) is 2.90. The Morgan fingerprint density at radius 2 is 2.27 bits per heavy atom. The number of likely N-dealkylation sites (tertiary alicyclic amines) is 1. The Balaban J connectivity index is 1.80. The number of rotatable bonds is 4. The van der Waals surface area contributed by atoms with Crippen molar-refractivity contribution in [2.24, 2.45) is 7.05 Å². The predicted molar refractivity (Wildman–Crippen MR) is 95.7 cm³/mol. The Kier molecular flexibility index (Phi) is 5.45. The van der Waals surface area contributed by atoms with Crippen LogP contribution in [0.15, 0.2) is 29.5 Å². The molecule has 0 aliphatic carbocycles. The van der Waals surface area contributed by atoms with E-state index >= 15 is 0 Å². The predicted octanol–water partition coefficient (Wildman–Crippen LogP) is 1.27. The maximum absolute atomic E-state index is 12.3. The zero-order chi connectivity index (χ0) is 18.5. The average Bonchev–Trinajstić information content (AvgIpc) is 2.66. The zero-order valence-electron chi connectivity index (χ0n) is 14.9. The van der Waals surface area contributed by atoms with Crippen molar-refractivity contribution in [3.8, 4) is 11.4 Å². The lowest BCUT2D eigenvalue weighted by Crippen LogP contribution is -2.46. The van der Waals surface area contributed by atoms with Gasteiger partial charge in [-0.2, -0.15) is 0 Å². The molecular formula is C17H22N6O3. The van der Waals surface area contributed by atoms with E-state index in [0.717, 1.165) is 12.8 Å². The van der Waals surface area contributed by atoms with Crippen LogP contribution in [0.3, 0.4) is 0 Å². The van der Waals surface area contributed by atoms with Crippen LogP contribution in [0.1, 0.15) is 19.8 Å². The van der Waals surface area contributed by atoms with E-state index in [1.807, 2.05) is 0 Å². The van der Waals surface area contributed by atoms with Gasteiger partial charge >= 0.3 is 6.09 Å². The molecule has 1 atom stereocenters. The van der Waals surface area contributed by atoms with Crippen LogP contribution in [0.2, 0.25) is 0 Å². The lowest BCUT2D eigenvalue weighted by molar-refractivity contribution is 0.0975. The highest BCUT2D eigenvalue weighted by Gasteiger charge is 2.25. The van der Waals surface area contributed by atoms with E-state index in [2.05, 4.69) is 20.3 Å². The summed E-state index contributed by atoms with van der Waals surface area (Å²) in [4.78, 5) is 38.5. The highest BCUT2D eigenvalue weighted by molar-refractivity contribution is 5.67. The van der Waals surface area contributed by atoms with Gasteiger partial charge in [0.05, 0.1) is 18.0 Å². The van der Waals surface area contributed by atoms with Gasteiger partial charge in [-0.3, -0.25) is 9.36 Å². The van der Waals surface area contributed by atoms with Gasteiger partial charge in [0, 0.05) is 38.4 Å². The molecule has 1 amide bonds. The minimum Gasteiger partial charge on any atom is -0.450 e. The van der Waals surface area contributed by atoms with Crippen molar-refractivity contribution in [3.05, 3.63) is 35.0 Å². The molecule has 9 nitrogen and oxygen atoms in total. The third kappa shape index (κ3) is 3.98. The number of carbonyl (C=O) groups excluding carboxylic acids is 1. The third-order valence-corrected chi connectivity index (χ3v) is 4.26. The molecule has 1 aliphatic heterocycles. The van der Waals surface area contributed by atoms with Gasteiger partial charge in [-0.1, -0.05) is 0 Å². The smallest absolute Gasteiger partial charge is 0.409 e. The minimum absolute atomic E-state index is 0.00750. The summed E-state index contributed by atoms with van der Waals surface area (Å²) in [5, 5.41) is 3.29. The van der Waals surface area contributed by atoms with Gasteiger partial charge in [0.15, 0.2) is 0 Å². The van der Waals surface area contributed by atoms with Crippen molar-refractivity contribution in [2.45, 2.75) is 25.8 Å². The molecule has 0 spiro atoms. The lowest BCUT2D eigenvalue weighted by Gasteiger charge is -2.32. The molecular weight excluding hydrogens is 336 g/mol. The van der Waals surface area contributed by atoms with E-state index in [0.29, 0.717) is 37.0 Å². The fourth-order valence-electron chi connectivity index (χ4n) is 2.90. The van der Waals surface area contributed by atoms with Gasteiger partial charge in [0.2, 0.25) is 5.95 Å². The highest BCUT2D eigenvalue weighted by atomic mass is 16.6. The van der Waals surface area contributed by atoms with Gasteiger partial charge in [-0.05, 0) is 25.8 Å². The van der Waals surface area contributed by atoms with Crippen molar-refractivity contribution in [3.63, 3.8) is 0 Å². The van der Waals surface area contributed by atoms with E-state index in [4.69, 9.17) is 4.74 Å². The van der Waals surface area contributed by atoms with Crippen molar-refractivity contribution in [1.82, 2.24) is 24.4 Å². The molecule has 9 heteroatoms. The van der Waals surface area contributed by atoms with E-state index in [1.54, 1.807) is 31.1 Å². The number of hydrogen-bond donors (Lipinski definition) is 1. The summed E-state index contributed by atoms with van der Waals surface area (Å²) < 4.78 is 6.53. The lowest BCUT2D eigenvalue weighted by atomic mass is 10.1. The van der Waals surface area contributed by atoms with Crippen LogP contribution < -0.4 is 10.9 Å². The summed E-state index contributed by atoms with van der Waals surface area (Å²) in [5.74, 6) is 0.446. The molecule has 0 aromatic carbocycles. The number of nitrogens with one attached hydrogen (secondary N) is 1. The molecule has 0 radical (unpaired) electrons. The van der Waals surface area contributed by atoms with Gasteiger partial charge < -0.3 is 15.0 Å². The van der Waals surface area contributed by atoms with E-state index in [1.165, 1.54) is 17.0 Å². The van der Waals surface area contributed by atoms with Crippen LogP contribution in [0.25, 0.3) is 11.4 Å². The summed E-state index contributed by atoms with van der Waals surface area (Å²) in [6.45, 7) is 3.32. The second-order valence-corrected chi connectivity index (χ2v) is 6.09. The maximum Gasteiger partial charge on any atom is 0.409 e. The second-order valence-electron chi connectivity index (χ2n) is 6.09. The first kappa shape index (κ1) is 17.8. The van der Waals surface area contributed by atoms with Gasteiger partial charge in [-0.25, -0.2) is 19.7 Å². The van der Waals surface area contributed by atoms with Crippen LogP contribution in [0.4, 0.5) is 10.7 Å². The van der Waals surface area contributed by atoms with Crippen LogP contribution >= 0.6 is 0 Å². The molecule has 1 aliphatic rings. The van der Waals surface area contributed by atoms with Crippen molar-refractivity contribution in [1.29, 1.82) is 0 Å². The second kappa shape index (κ2) is 7.94. The van der Waals surface area contributed by atoms with Crippen LogP contribution in [-0.4, -0.2) is 56.3 Å². The van der Waals surface area contributed by atoms with Crippen molar-refractivity contribution in [2.75, 3.05) is 25.0 Å². The third-order valence-electron chi connectivity index (χ3n) is 4.26. The molecule has 138 valence electrons. The number of ether oxygens (including phenoxy) is 1. The number of carbonyl (C=O) groups is 1. The Labute approximate surface area is 151 Å². The van der Waals surface area contributed by atoms with E-state index in [-0.39, 0.29) is 17.7 Å². The normalized spacial score (nSPS) is 17.0. The molecule has 1 fully saturated rings. The summed E-state index contributed by atoms with van der Waals surface area (Å²) in [5.41, 5.74) is 0.878. The summed E-state index contributed by atoms with van der Waals surface area (Å²) in [6, 6.07) is 3.14. The first-order chi connectivity index (χ1) is 12.6. The molecule has 0 bridgehead atoms. The summed E-state index contributed by atoms with van der Waals surface area (Å²) in [6.07, 6.45) is 4.45. The number of hydrogen-bond acceptors (Lipinski definition) is 7. The van der Waals surface area contributed by atoms with Crippen LogP contribution in [0, 0.1) is 0 Å². The van der Waals surface area contributed by atoms with Gasteiger partial charge in [0.1, 0.15) is 6.33 Å². The molecule has 0 unspecified atom stereocenters. The fraction of sp³-hybridized carbons (Fsp3) is 0.471. The Morgan fingerprint density at radius 3 is 3.00 bits per heavy atom. The molecule has 1 saturated heterocycles. The standard InChI is InChI=1S/C17H22N6O3/c1-3-26-17(25)23-8-4-5-12(10-23)20-16-21-14(9-15(24)22(16)2)13-6-7-18-11-19-13/h6-7,9,11-12H,3-5,8,10H2,1-2H3,(H,20,21)/t12-/m1/s1. The Morgan fingerprint density at radius 1 is 1.42 bits per heavy atom. The highest BCUT2D eigenvalue weighted by Crippen LogP contribution is 2.17. The van der Waals surface area contributed by atoms with Crippen LogP contribution in [-0.2, 0) is 11.8 Å². The van der Waals surface area contributed by atoms with Crippen molar-refractivity contribution >= 4 is 12.0 Å². The number of piperidine rings is 1. The molecule has 3 rings (SSSR count). The first-order valence-corrected chi connectivity index (χ1v) is 8.61. The molecule has 1 N–H and O–H groups in total. The number of nitrogens with zero attached hydrogens (tertiary/aromatic N) is 5. The number of amides is 1.